The molecule has 0 spiro atoms. The van der Waals surface area contributed by atoms with Crippen molar-refractivity contribution in [2.45, 2.75) is 18.0 Å². The van der Waals surface area contributed by atoms with Gasteiger partial charge in [-0.2, -0.15) is 30.7 Å². The van der Waals surface area contributed by atoms with Crippen molar-refractivity contribution in [1.82, 2.24) is 0 Å². The summed E-state index contributed by atoms with van der Waals surface area (Å²) in [5, 5.41) is 0. The van der Waals surface area contributed by atoms with Gasteiger partial charge in [-0.05, 0) is 24.3 Å². The molecule has 108 valence electrons. The molecule has 0 heterocycles. The van der Waals surface area contributed by atoms with E-state index < -0.39 is 49.5 Å². The number of rotatable bonds is 4. The molecule has 0 aliphatic heterocycles. The molecule has 0 radical (unpaired) electrons. The van der Waals surface area contributed by atoms with Crippen LogP contribution >= 0.6 is 0 Å². The highest BCUT2D eigenvalue weighted by Crippen LogP contribution is 2.45. The maximum atomic E-state index is 12.9. The lowest BCUT2D eigenvalue weighted by atomic mass is 10.2. The van der Waals surface area contributed by atoms with Crippen molar-refractivity contribution in [3.8, 4) is 0 Å². The summed E-state index contributed by atoms with van der Waals surface area (Å²) < 4.78 is 97.6. The fourth-order valence-corrected chi connectivity index (χ4v) is 3.24. The minimum absolute atomic E-state index is 0.151. The van der Waals surface area contributed by atoms with E-state index in [2.05, 4.69) is 0 Å². The van der Waals surface area contributed by atoms with E-state index in [0.29, 0.717) is 0 Å². The number of hydrogen-bond acceptors (Lipinski definition) is 0. The van der Waals surface area contributed by atoms with Crippen LogP contribution in [0.2, 0.25) is 0 Å². The molecule has 0 aromatic heterocycles. The Labute approximate surface area is 113 Å². The zero-order chi connectivity index (χ0) is 14.9. The lowest BCUT2D eigenvalue weighted by Crippen LogP contribution is -3.63. The summed E-state index contributed by atoms with van der Waals surface area (Å²) in [4.78, 5) is 0. The van der Waals surface area contributed by atoms with Crippen LogP contribution in [0.15, 0.2) is 24.3 Å². The van der Waals surface area contributed by atoms with Crippen molar-refractivity contribution in [1.29, 1.82) is 0 Å². The molecule has 9 heteroatoms. The molecule has 0 amide bonds. The fraction of sp³-hybridized carbons (Fsp3) is 0.400. The summed E-state index contributed by atoms with van der Waals surface area (Å²) in [5.74, 6) is -11.9. The molecule has 0 aliphatic rings. The molecule has 0 bridgehead atoms. The van der Waals surface area contributed by atoms with E-state index in [1.165, 1.54) is 0 Å². The highest BCUT2D eigenvalue weighted by atomic mass is 127. The monoisotopic (exact) mass is 405 g/mol. The van der Waals surface area contributed by atoms with Crippen LogP contribution in [-0.2, 0) is 0 Å². The van der Waals surface area contributed by atoms with Gasteiger partial charge < -0.3 is 0 Å². The van der Waals surface area contributed by atoms with Gasteiger partial charge in [-0.3, -0.25) is 0 Å². The molecule has 1 aromatic rings. The molecular weight excluding hydrogens is 399 g/mol. The third-order valence-electron chi connectivity index (χ3n) is 2.01. The van der Waals surface area contributed by atoms with Crippen LogP contribution in [0.25, 0.3) is 0 Å². The predicted molar refractivity (Wildman–Crippen MR) is 45.9 cm³/mol. The van der Waals surface area contributed by atoms with Crippen LogP contribution in [0.3, 0.4) is 0 Å². The highest BCUT2D eigenvalue weighted by molar-refractivity contribution is 5.02. The quantitative estimate of drug-likeness (QED) is 0.397. The standard InChI is InChI=1S/C10H6F8I/c11-6-1-3-7(4-2-6)19-5-8(12,13)9(14,15)10(16,17)18/h1-4H,5H2/q+1. The van der Waals surface area contributed by atoms with E-state index >= 15 is 0 Å². The highest BCUT2D eigenvalue weighted by Gasteiger charge is 2.74. The van der Waals surface area contributed by atoms with E-state index in [4.69, 9.17) is 0 Å². The van der Waals surface area contributed by atoms with Gasteiger partial charge in [0.1, 0.15) is 5.82 Å². The molecule has 0 saturated heterocycles. The topological polar surface area (TPSA) is 0 Å². The van der Waals surface area contributed by atoms with Crippen molar-refractivity contribution in [3.63, 3.8) is 0 Å². The lowest BCUT2D eigenvalue weighted by Gasteiger charge is -2.24. The summed E-state index contributed by atoms with van der Waals surface area (Å²) in [7, 11) is 0. The Hall–Kier alpha value is -0.610. The average Bonchev–Trinajstić information content (AvgIpc) is 2.26. The summed E-state index contributed by atoms with van der Waals surface area (Å²) in [6.07, 6.45) is -6.30. The van der Waals surface area contributed by atoms with Gasteiger partial charge in [0.2, 0.25) is 4.43 Å². The number of halogens is 9. The van der Waals surface area contributed by atoms with Crippen LogP contribution < -0.4 is 21.2 Å². The van der Waals surface area contributed by atoms with Crippen molar-refractivity contribution < 1.29 is 56.3 Å². The SMILES string of the molecule is Fc1ccc([I+]CC(F)(F)C(F)(F)C(F)(F)F)cc1. The first-order valence-corrected chi connectivity index (χ1v) is 7.25. The van der Waals surface area contributed by atoms with Gasteiger partial charge in [-0.1, -0.05) is 0 Å². The maximum Gasteiger partial charge on any atom is 0.460 e. The third kappa shape index (κ3) is 3.69. The predicted octanol–water partition coefficient (Wildman–Crippen LogP) is 0.917. The van der Waals surface area contributed by atoms with Crippen LogP contribution in [0.1, 0.15) is 0 Å². The molecule has 0 N–H and O–H groups in total. The zero-order valence-electron chi connectivity index (χ0n) is 8.92. The maximum absolute atomic E-state index is 12.9. The smallest absolute Gasteiger partial charge is 0.207 e. The lowest BCUT2D eigenvalue weighted by molar-refractivity contribution is -0.651. The molecule has 0 nitrogen and oxygen atoms in total. The van der Waals surface area contributed by atoms with Crippen molar-refractivity contribution >= 4 is 0 Å². The molecular formula is C10H6F8I+. The Morgan fingerprint density at radius 2 is 1.32 bits per heavy atom. The zero-order valence-corrected chi connectivity index (χ0v) is 11.1. The van der Waals surface area contributed by atoms with Gasteiger partial charge in [0.05, 0.1) is 0 Å². The van der Waals surface area contributed by atoms with Crippen molar-refractivity contribution in [2.24, 2.45) is 0 Å². The number of hydrogen-bond donors (Lipinski definition) is 0. The second kappa shape index (κ2) is 5.41. The molecule has 1 aromatic carbocycles. The van der Waals surface area contributed by atoms with E-state index in [1.54, 1.807) is 0 Å². The minimum atomic E-state index is -6.30. The molecule has 0 fully saturated rings. The summed E-state index contributed by atoms with van der Waals surface area (Å²) in [6.45, 7) is 0. The summed E-state index contributed by atoms with van der Waals surface area (Å²) in [5.41, 5.74) is 0. The van der Waals surface area contributed by atoms with Crippen LogP contribution in [-0.4, -0.2) is 22.4 Å². The van der Waals surface area contributed by atoms with E-state index in [9.17, 15) is 35.1 Å². The first-order valence-electron chi connectivity index (χ1n) is 4.64. The average molecular weight is 405 g/mol. The Balaban J connectivity index is 2.78. The fourth-order valence-electron chi connectivity index (χ4n) is 0.971. The van der Waals surface area contributed by atoms with Crippen LogP contribution in [0.5, 0.6) is 0 Å². The third-order valence-corrected chi connectivity index (χ3v) is 4.95. The largest absolute Gasteiger partial charge is 0.460 e. The molecule has 19 heavy (non-hydrogen) atoms. The molecule has 0 unspecified atom stereocenters. The molecule has 0 atom stereocenters. The first kappa shape index (κ1) is 16.4. The Kier molecular flexibility index (Phi) is 4.68. The van der Waals surface area contributed by atoms with Gasteiger partial charge in [0, 0.05) is 0 Å². The van der Waals surface area contributed by atoms with Crippen LogP contribution in [0, 0.1) is 9.39 Å². The second-order valence-electron chi connectivity index (χ2n) is 3.48. The molecule has 1 rings (SSSR count). The van der Waals surface area contributed by atoms with Gasteiger partial charge in [0.25, 0.3) is 0 Å². The van der Waals surface area contributed by atoms with Gasteiger partial charge in [0.15, 0.2) is 3.57 Å². The van der Waals surface area contributed by atoms with Gasteiger partial charge in [-0.15, -0.1) is 0 Å². The summed E-state index contributed by atoms with van der Waals surface area (Å²) in [6, 6.07) is 4.03. The minimum Gasteiger partial charge on any atom is -0.207 e. The second-order valence-corrected chi connectivity index (χ2v) is 6.25. The van der Waals surface area contributed by atoms with E-state index in [1.807, 2.05) is 0 Å². The van der Waals surface area contributed by atoms with Gasteiger partial charge in [-0.25, -0.2) is 4.39 Å². The van der Waals surface area contributed by atoms with Gasteiger partial charge >= 0.3 is 39.2 Å². The van der Waals surface area contributed by atoms with Crippen LogP contribution in [0.4, 0.5) is 35.1 Å². The van der Waals surface area contributed by atoms with E-state index in [-0.39, 0.29) is 3.57 Å². The number of benzene rings is 1. The summed E-state index contributed by atoms with van der Waals surface area (Å²) >= 11 is -1.79. The Morgan fingerprint density at radius 3 is 1.74 bits per heavy atom. The van der Waals surface area contributed by atoms with E-state index in [0.717, 1.165) is 24.3 Å². The Bertz CT molecular complexity index is 422. The van der Waals surface area contributed by atoms with Crippen molar-refractivity contribution in [3.05, 3.63) is 33.7 Å². The number of alkyl halides is 8. The first-order chi connectivity index (χ1) is 8.47. The molecule has 0 saturated carbocycles. The molecule has 0 aliphatic carbocycles. The van der Waals surface area contributed by atoms with Crippen molar-refractivity contribution in [2.75, 3.05) is 4.43 Å². The Morgan fingerprint density at radius 1 is 0.842 bits per heavy atom. The normalized spacial score (nSPS) is 13.7.